The minimum absolute atomic E-state index is 0.440. The molecule has 0 aliphatic carbocycles. The number of halogens is 1. The molecule has 0 atom stereocenters. The van der Waals surface area contributed by atoms with E-state index in [2.05, 4.69) is 15.1 Å². The van der Waals surface area contributed by atoms with Gasteiger partial charge in [0.15, 0.2) is 5.15 Å². The van der Waals surface area contributed by atoms with Crippen LogP contribution in [-0.2, 0) is 0 Å². The highest BCUT2D eigenvalue weighted by molar-refractivity contribution is 6.32. The van der Waals surface area contributed by atoms with Crippen LogP contribution in [0.5, 0.6) is 0 Å². The normalized spacial score (nSPS) is 10.7. The molecule has 2 rings (SSSR count). The summed E-state index contributed by atoms with van der Waals surface area (Å²) in [7, 11) is 0. The van der Waals surface area contributed by atoms with Gasteiger partial charge in [0.05, 0.1) is 5.69 Å². The lowest BCUT2D eigenvalue weighted by molar-refractivity contribution is 0.892. The smallest absolute Gasteiger partial charge is 0.158 e. The van der Waals surface area contributed by atoms with Crippen molar-refractivity contribution in [2.75, 3.05) is 0 Å². The molecule has 0 aromatic carbocycles. The number of imidazole rings is 1. The van der Waals surface area contributed by atoms with Gasteiger partial charge in [-0.05, 0) is 6.92 Å². The van der Waals surface area contributed by atoms with Gasteiger partial charge in [0.25, 0.3) is 0 Å². The number of nitrogens with zero attached hydrogens (tertiary/aromatic N) is 4. The van der Waals surface area contributed by atoms with Gasteiger partial charge < -0.3 is 0 Å². The number of rotatable bonds is 0. The van der Waals surface area contributed by atoms with Gasteiger partial charge in [-0.15, -0.1) is 0 Å². The highest BCUT2D eigenvalue weighted by Gasteiger charge is 2.04. The number of fused-ring (bicyclic) bond motifs is 1. The van der Waals surface area contributed by atoms with E-state index in [1.807, 2.05) is 6.92 Å². The molecule has 0 aliphatic heterocycles. The Labute approximate surface area is 67.8 Å². The van der Waals surface area contributed by atoms with Crippen molar-refractivity contribution in [2.24, 2.45) is 0 Å². The summed E-state index contributed by atoms with van der Waals surface area (Å²) in [6.07, 6.45) is 3.01. The van der Waals surface area contributed by atoms with E-state index in [1.54, 1.807) is 10.8 Å². The summed E-state index contributed by atoms with van der Waals surface area (Å²) in [5.74, 6) is 0. The quantitative estimate of drug-likeness (QED) is 0.592. The Bertz CT molecular complexity index is 394. The van der Waals surface area contributed by atoms with Crippen molar-refractivity contribution in [3.8, 4) is 0 Å². The summed E-state index contributed by atoms with van der Waals surface area (Å²) >= 11 is 5.79. The van der Waals surface area contributed by atoms with Gasteiger partial charge in [-0.1, -0.05) is 11.6 Å². The second-order valence-corrected chi connectivity index (χ2v) is 2.53. The van der Waals surface area contributed by atoms with Crippen LogP contribution in [0.2, 0.25) is 5.15 Å². The molecule has 0 radical (unpaired) electrons. The molecule has 0 bridgehead atoms. The molecule has 2 heterocycles. The van der Waals surface area contributed by atoms with Gasteiger partial charge in [0.1, 0.15) is 18.2 Å². The molecule has 0 spiro atoms. The van der Waals surface area contributed by atoms with E-state index in [-0.39, 0.29) is 0 Å². The van der Waals surface area contributed by atoms with Crippen molar-refractivity contribution in [1.82, 2.24) is 19.6 Å². The molecule has 4 nitrogen and oxygen atoms in total. The average molecular weight is 169 g/mol. The molecule has 0 N–H and O–H groups in total. The van der Waals surface area contributed by atoms with E-state index in [0.29, 0.717) is 5.15 Å². The van der Waals surface area contributed by atoms with Crippen molar-refractivity contribution in [3.63, 3.8) is 0 Å². The first kappa shape index (κ1) is 6.54. The van der Waals surface area contributed by atoms with E-state index in [4.69, 9.17) is 11.6 Å². The van der Waals surface area contributed by atoms with Crippen LogP contribution in [-0.4, -0.2) is 19.6 Å². The first-order valence-corrected chi connectivity index (χ1v) is 3.47. The Kier molecular flexibility index (Phi) is 1.29. The van der Waals surface area contributed by atoms with Crippen LogP contribution in [0.15, 0.2) is 12.7 Å². The Hall–Kier alpha value is -1.16. The monoisotopic (exact) mass is 168 g/mol. The van der Waals surface area contributed by atoms with Gasteiger partial charge in [-0.25, -0.2) is 14.5 Å². The molecule has 5 heteroatoms. The molecule has 56 valence electrons. The molecule has 0 saturated carbocycles. The SMILES string of the molecule is Cc1ncn2ncnc(Cl)c12. The molecular formula is C6H5ClN4. The minimum atomic E-state index is 0.440. The summed E-state index contributed by atoms with van der Waals surface area (Å²) in [6.45, 7) is 1.87. The third-order valence-corrected chi connectivity index (χ3v) is 1.75. The predicted octanol–water partition coefficient (Wildman–Crippen LogP) is 1.09. The van der Waals surface area contributed by atoms with Crippen molar-refractivity contribution in [2.45, 2.75) is 6.92 Å². The van der Waals surface area contributed by atoms with Crippen LogP contribution in [0.25, 0.3) is 5.52 Å². The summed E-state index contributed by atoms with van der Waals surface area (Å²) in [5.41, 5.74) is 1.62. The summed E-state index contributed by atoms with van der Waals surface area (Å²) in [6, 6.07) is 0. The maximum absolute atomic E-state index is 5.79. The third-order valence-electron chi connectivity index (χ3n) is 1.48. The van der Waals surface area contributed by atoms with E-state index >= 15 is 0 Å². The fraction of sp³-hybridized carbons (Fsp3) is 0.167. The van der Waals surface area contributed by atoms with E-state index < -0.39 is 0 Å². The van der Waals surface area contributed by atoms with Gasteiger partial charge >= 0.3 is 0 Å². The van der Waals surface area contributed by atoms with Crippen LogP contribution >= 0.6 is 11.6 Å². The molecule has 0 amide bonds. The number of hydrogen-bond donors (Lipinski definition) is 0. The molecule has 0 aliphatic rings. The molecule has 0 fully saturated rings. The second-order valence-electron chi connectivity index (χ2n) is 2.17. The fourth-order valence-electron chi connectivity index (χ4n) is 0.951. The summed E-state index contributed by atoms with van der Waals surface area (Å²) in [5, 5.41) is 4.36. The Balaban J connectivity index is 2.96. The first-order chi connectivity index (χ1) is 5.29. The van der Waals surface area contributed by atoms with E-state index in [1.165, 1.54) is 6.33 Å². The van der Waals surface area contributed by atoms with Gasteiger partial charge in [0.2, 0.25) is 0 Å². The van der Waals surface area contributed by atoms with Crippen molar-refractivity contribution in [1.29, 1.82) is 0 Å². The van der Waals surface area contributed by atoms with Crippen LogP contribution < -0.4 is 0 Å². The third kappa shape index (κ3) is 0.867. The maximum atomic E-state index is 5.79. The minimum Gasteiger partial charge on any atom is -0.239 e. The number of aryl methyl sites for hydroxylation is 1. The molecular weight excluding hydrogens is 164 g/mol. The van der Waals surface area contributed by atoms with Gasteiger partial charge in [0, 0.05) is 0 Å². The molecule has 2 aromatic rings. The average Bonchev–Trinajstić information content (AvgIpc) is 2.34. The van der Waals surface area contributed by atoms with E-state index in [0.717, 1.165) is 11.2 Å². The van der Waals surface area contributed by atoms with Crippen LogP contribution in [0.4, 0.5) is 0 Å². The van der Waals surface area contributed by atoms with E-state index in [9.17, 15) is 0 Å². The maximum Gasteiger partial charge on any atom is 0.158 e. The second kappa shape index (κ2) is 2.17. The summed E-state index contributed by atoms with van der Waals surface area (Å²) < 4.78 is 1.60. The number of hydrogen-bond acceptors (Lipinski definition) is 3. The highest BCUT2D eigenvalue weighted by atomic mass is 35.5. The lowest BCUT2D eigenvalue weighted by Crippen LogP contribution is -1.91. The topological polar surface area (TPSA) is 43.1 Å². The summed E-state index contributed by atoms with van der Waals surface area (Å²) in [4.78, 5) is 7.87. The van der Waals surface area contributed by atoms with Crippen molar-refractivity contribution in [3.05, 3.63) is 23.5 Å². The zero-order valence-corrected chi connectivity index (χ0v) is 6.58. The highest BCUT2D eigenvalue weighted by Crippen LogP contribution is 2.14. The van der Waals surface area contributed by atoms with Crippen molar-refractivity contribution < 1.29 is 0 Å². The van der Waals surface area contributed by atoms with Crippen LogP contribution in [0.1, 0.15) is 5.69 Å². The predicted molar refractivity (Wildman–Crippen MR) is 40.5 cm³/mol. The zero-order chi connectivity index (χ0) is 7.84. The van der Waals surface area contributed by atoms with Gasteiger partial charge in [-0.3, -0.25) is 0 Å². The Morgan fingerprint density at radius 2 is 2.27 bits per heavy atom. The molecule has 0 unspecified atom stereocenters. The Morgan fingerprint density at radius 3 is 3.00 bits per heavy atom. The molecule has 11 heavy (non-hydrogen) atoms. The van der Waals surface area contributed by atoms with Crippen LogP contribution in [0, 0.1) is 6.92 Å². The number of aromatic nitrogens is 4. The lowest BCUT2D eigenvalue weighted by atomic mass is 10.4. The molecule has 2 aromatic heterocycles. The van der Waals surface area contributed by atoms with Gasteiger partial charge in [-0.2, -0.15) is 5.10 Å². The lowest BCUT2D eigenvalue weighted by Gasteiger charge is -1.92. The molecule has 0 saturated heterocycles. The fourth-order valence-corrected chi connectivity index (χ4v) is 1.22. The standard InChI is InChI=1S/C6H5ClN4/c1-4-5-6(7)8-2-10-11(5)3-9-4/h2-3H,1H3. The van der Waals surface area contributed by atoms with Crippen molar-refractivity contribution >= 4 is 17.1 Å². The first-order valence-electron chi connectivity index (χ1n) is 3.09. The zero-order valence-electron chi connectivity index (χ0n) is 5.82. The Morgan fingerprint density at radius 1 is 1.45 bits per heavy atom. The largest absolute Gasteiger partial charge is 0.239 e. The van der Waals surface area contributed by atoms with Crippen LogP contribution in [0.3, 0.4) is 0 Å².